The number of aromatic nitrogens is 2. The predicted octanol–water partition coefficient (Wildman–Crippen LogP) is 5.73. The van der Waals surface area contributed by atoms with Gasteiger partial charge in [-0.15, -0.1) is 12.4 Å². The lowest BCUT2D eigenvalue weighted by Gasteiger charge is -2.33. The van der Waals surface area contributed by atoms with Gasteiger partial charge in [0.1, 0.15) is 0 Å². The summed E-state index contributed by atoms with van der Waals surface area (Å²) >= 11 is 0. The van der Waals surface area contributed by atoms with Crippen LogP contribution in [0.5, 0.6) is 0 Å². The molecule has 1 aromatic carbocycles. The van der Waals surface area contributed by atoms with E-state index in [1.807, 2.05) is 20.8 Å². The largest absolute Gasteiger partial charge is 0.481 e. The van der Waals surface area contributed by atoms with Crippen molar-refractivity contribution in [3.8, 4) is 11.3 Å². The number of benzene rings is 1. The lowest BCUT2D eigenvalue weighted by Crippen LogP contribution is -2.45. The smallest absolute Gasteiger partial charge is 0.417 e. The summed E-state index contributed by atoms with van der Waals surface area (Å²) in [4.78, 5) is 26.0. The van der Waals surface area contributed by atoms with Crippen LogP contribution in [0.25, 0.3) is 11.3 Å². The maximum absolute atomic E-state index is 13.7. The third kappa shape index (κ3) is 9.45. The fourth-order valence-corrected chi connectivity index (χ4v) is 4.54. The molecule has 1 aliphatic heterocycles. The van der Waals surface area contributed by atoms with Crippen molar-refractivity contribution in [2.75, 3.05) is 19.6 Å². The number of nitrogens with one attached hydrogen (secondary N) is 1. The lowest BCUT2D eigenvalue weighted by molar-refractivity contribution is -0.138. The first-order valence-corrected chi connectivity index (χ1v) is 12.4. The SMILES string of the molecule is CC(C)(C)Cn1nc(C(=O)N[C@@H](CCN2CCCC(F)(F)C2)CC(=O)O)cc1-c1ccccc1C(F)(F)F.Cl. The molecule has 39 heavy (non-hydrogen) atoms. The highest BCUT2D eigenvalue weighted by Gasteiger charge is 2.36. The quantitative estimate of drug-likeness (QED) is 0.370. The average molecular weight is 581 g/mol. The van der Waals surface area contributed by atoms with Crippen LogP contribution in [0, 0.1) is 5.41 Å². The number of halogens is 6. The number of hydrogen-bond acceptors (Lipinski definition) is 4. The number of carboxylic acid groups (broad SMARTS) is 1. The molecule has 2 heterocycles. The van der Waals surface area contributed by atoms with Gasteiger partial charge in [0, 0.05) is 31.1 Å². The molecule has 13 heteroatoms. The highest BCUT2D eigenvalue weighted by atomic mass is 35.5. The molecule has 0 bridgehead atoms. The molecule has 1 aromatic heterocycles. The second-order valence-electron chi connectivity index (χ2n) is 11.0. The van der Waals surface area contributed by atoms with Crippen LogP contribution >= 0.6 is 12.4 Å². The number of rotatable bonds is 9. The van der Waals surface area contributed by atoms with Gasteiger partial charge in [-0.1, -0.05) is 39.0 Å². The first-order valence-electron chi connectivity index (χ1n) is 12.4. The zero-order valence-corrected chi connectivity index (χ0v) is 22.8. The maximum Gasteiger partial charge on any atom is 0.417 e. The summed E-state index contributed by atoms with van der Waals surface area (Å²) in [6, 6.07) is 5.38. The molecule has 0 saturated carbocycles. The number of likely N-dealkylation sites (tertiary alicyclic amines) is 1. The van der Waals surface area contributed by atoms with Crippen LogP contribution in [-0.4, -0.2) is 63.3 Å². The summed E-state index contributed by atoms with van der Waals surface area (Å²) in [5, 5.41) is 16.2. The molecule has 0 radical (unpaired) electrons. The van der Waals surface area contributed by atoms with E-state index >= 15 is 0 Å². The molecule has 1 aliphatic rings. The molecule has 1 atom stereocenters. The number of amides is 1. The summed E-state index contributed by atoms with van der Waals surface area (Å²) in [6.07, 6.45) is -4.84. The van der Waals surface area contributed by atoms with Crippen molar-refractivity contribution in [1.29, 1.82) is 0 Å². The molecular formula is C26H34ClF5N4O3. The van der Waals surface area contributed by atoms with Gasteiger partial charge in [0.15, 0.2) is 5.69 Å². The third-order valence-electron chi connectivity index (χ3n) is 6.17. The van der Waals surface area contributed by atoms with Gasteiger partial charge in [-0.25, -0.2) is 8.78 Å². The second kappa shape index (κ2) is 12.6. The van der Waals surface area contributed by atoms with Crippen molar-refractivity contribution in [3.63, 3.8) is 0 Å². The van der Waals surface area contributed by atoms with Gasteiger partial charge in [0.05, 0.1) is 24.2 Å². The summed E-state index contributed by atoms with van der Waals surface area (Å²) in [7, 11) is 0. The number of piperidine rings is 1. The van der Waals surface area contributed by atoms with E-state index < -0.39 is 48.5 Å². The number of alkyl halides is 5. The fourth-order valence-electron chi connectivity index (χ4n) is 4.54. The molecule has 1 fully saturated rings. The number of hydrogen-bond donors (Lipinski definition) is 2. The molecule has 1 saturated heterocycles. The maximum atomic E-state index is 13.7. The summed E-state index contributed by atoms with van der Waals surface area (Å²) < 4.78 is 70.0. The van der Waals surface area contributed by atoms with E-state index in [0.29, 0.717) is 13.0 Å². The highest BCUT2D eigenvalue weighted by molar-refractivity contribution is 5.94. The molecule has 2 N–H and O–H groups in total. The van der Waals surface area contributed by atoms with Crippen LogP contribution in [0.3, 0.4) is 0 Å². The van der Waals surface area contributed by atoms with Gasteiger partial charge in [-0.05, 0) is 36.9 Å². The number of nitrogens with zero attached hydrogens (tertiary/aromatic N) is 3. The third-order valence-corrected chi connectivity index (χ3v) is 6.17. The number of aliphatic carboxylic acids is 1. The van der Waals surface area contributed by atoms with Gasteiger partial charge in [-0.3, -0.25) is 19.2 Å². The molecule has 0 aliphatic carbocycles. The second-order valence-corrected chi connectivity index (χ2v) is 11.0. The Balaban J connectivity index is 0.00000533. The van der Waals surface area contributed by atoms with Crippen LogP contribution in [-0.2, 0) is 17.5 Å². The minimum atomic E-state index is -4.63. The first-order chi connectivity index (χ1) is 17.5. The minimum absolute atomic E-state index is 0. The van der Waals surface area contributed by atoms with Crippen LogP contribution in [0.15, 0.2) is 30.3 Å². The van der Waals surface area contributed by atoms with Gasteiger partial charge in [-0.2, -0.15) is 18.3 Å². The van der Waals surface area contributed by atoms with E-state index in [0.717, 1.165) is 6.07 Å². The zero-order chi connectivity index (χ0) is 28.3. The van der Waals surface area contributed by atoms with Crippen molar-refractivity contribution in [2.45, 2.75) is 71.1 Å². The summed E-state index contributed by atoms with van der Waals surface area (Å²) in [6.45, 7) is 6.02. The Kier molecular flexibility index (Phi) is 10.5. The molecule has 218 valence electrons. The van der Waals surface area contributed by atoms with E-state index in [2.05, 4.69) is 10.4 Å². The predicted molar refractivity (Wildman–Crippen MR) is 138 cm³/mol. The van der Waals surface area contributed by atoms with Gasteiger partial charge in [0.2, 0.25) is 0 Å². The normalized spacial score (nSPS) is 16.8. The van der Waals surface area contributed by atoms with Crippen molar-refractivity contribution in [3.05, 3.63) is 41.6 Å². The van der Waals surface area contributed by atoms with E-state index in [1.165, 1.54) is 33.8 Å². The fraction of sp³-hybridized carbons (Fsp3) is 0.577. The number of carboxylic acids is 1. The zero-order valence-electron chi connectivity index (χ0n) is 22.0. The van der Waals surface area contributed by atoms with Crippen LogP contribution in [0.2, 0.25) is 0 Å². The van der Waals surface area contributed by atoms with Crippen molar-refractivity contribution >= 4 is 24.3 Å². The monoisotopic (exact) mass is 580 g/mol. The lowest BCUT2D eigenvalue weighted by atomic mass is 9.96. The molecule has 3 rings (SSSR count). The summed E-state index contributed by atoms with van der Waals surface area (Å²) in [5.74, 6) is -4.75. The van der Waals surface area contributed by atoms with E-state index in [1.54, 1.807) is 0 Å². The van der Waals surface area contributed by atoms with Crippen molar-refractivity contribution < 1.29 is 36.6 Å². The Morgan fingerprint density at radius 1 is 1.18 bits per heavy atom. The standard InChI is InChI=1S/C26H33F5N4O3.ClH/c1-24(2,3)15-35-21(18-7-4-5-8-19(18)26(29,30)31)14-20(33-35)23(38)32-17(13-22(36)37)9-12-34-11-6-10-25(27,28)16-34;/h4-5,7-8,14,17H,6,9-13,15-16H2,1-3H3,(H,32,38)(H,36,37);1H/t17-;/m0./s1. The Bertz CT molecular complexity index is 1150. The molecule has 2 aromatic rings. The Labute approximate surface area is 230 Å². The van der Waals surface area contributed by atoms with E-state index in [-0.39, 0.29) is 60.7 Å². The molecule has 0 spiro atoms. The van der Waals surface area contributed by atoms with Crippen LogP contribution in [0.4, 0.5) is 22.0 Å². The first kappa shape index (κ1) is 32.5. The topological polar surface area (TPSA) is 87.5 Å². The highest BCUT2D eigenvalue weighted by Crippen LogP contribution is 2.37. The molecule has 1 amide bonds. The van der Waals surface area contributed by atoms with Crippen molar-refractivity contribution in [1.82, 2.24) is 20.0 Å². The summed E-state index contributed by atoms with van der Waals surface area (Å²) in [5.41, 5.74) is -1.46. The van der Waals surface area contributed by atoms with Crippen molar-refractivity contribution in [2.24, 2.45) is 5.41 Å². The Hall–Kier alpha value is -2.73. The number of carbonyl (C=O) groups excluding carboxylic acids is 1. The number of carbonyl (C=O) groups is 2. The Morgan fingerprint density at radius 3 is 2.44 bits per heavy atom. The van der Waals surface area contributed by atoms with Gasteiger partial charge < -0.3 is 10.4 Å². The van der Waals surface area contributed by atoms with E-state index in [4.69, 9.17) is 0 Å². The van der Waals surface area contributed by atoms with Crippen LogP contribution in [0.1, 0.15) is 62.5 Å². The van der Waals surface area contributed by atoms with Gasteiger partial charge in [0.25, 0.3) is 11.8 Å². The van der Waals surface area contributed by atoms with Crippen LogP contribution < -0.4 is 5.32 Å². The Morgan fingerprint density at radius 2 is 1.85 bits per heavy atom. The van der Waals surface area contributed by atoms with Gasteiger partial charge >= 0.3 is 12.1 Å². The average Bonchev–Trinajstić information content (AvgIpc) is 3.18. The van der Waals surface area contributed by atoms with E-state index in [9.17, 15) is 36.6 Å². The molecule has 0 unspecified atom stereocenters. The minimum Gasteiger partial charge on any atom is -0.481 e. The molecular weight excluding hydrogens is 547 g/mol. The molecule has 7 nitrogen and oxygen atoms in total.